The lowest BCUT2D eigenvalue weighted by Gasteiger charge is -2.09. The molecule has 0 spiro atoms. The molecular formula is C23H23N3O3. The Labute approximate surface area is 169 Å². The topological polar surface area (TPSA) is 72.7 Å². The number of aromatic nitrogens is 1. The Kier molecular flexibility index (Phi) is 6.58. The van der Waals surface area contributed by atoms with E-state index in [1.807, 2.05) is 62.4 Å². The van der Waals surface area contributed by atoms with Crippen molar-refractivity contribution in [3.8, 4) is 5.75 Å². The van der Waals surface area contributed by atoms with Crippen molar-refractivity contribution >= 4 is 12.1 Å². The Morgan fingerprint density at radius 2 is 1.86 bits per heavy atom. The average Bonchev–Trinajstić information content (AvgIpc) is 2.74. The summed E-state index contributed by atoms with van der Waals surface area (Å²) >= 11 is 0. The first-order valence-electron chi connectivity index (χ1n) is 9.38. The second-order valence-electron chi connectivity index (χ2n) is 6.52. The first kappa shape index (κ1) is 20.1. The second-order valence-corrected chi connectivity index (χ2v) is 6.52. The minimum Gasteiger partial charge on any atom is -0.488 e. The summed E-state index contributed by atoms with van der Waals surface area (Å²) in [6, 6.07) is 18.7. The highest BCUT2D eigenvalue weighted by Gasteiger charge is 2.10. The van der Waals surface area contributed by atoms with Crippen LogP contribution in [-0.2, 0) is 13.2 Å². The Morgan fingerprint density at radius 1 is 1.10 bits per heavy atom. The molecule has 0 bridgehead atoms. The van der Waals surface area contributed by atoms with Crippen molar-refractivity contribution in [2.45, 2.75) is 27.0 Å². The first-order chi connectivity index (χ1) is 14.1. The van der Waals surface area contributed by atoms with Gasteiger partial charge in [0.15, 0.2) is 0 Å². The fourth-order valence-electron chi connectivity index (χ4n) is 2.74. The smallest absolute Gasteiger partial charge is 0.276 e. The Morgan fingerprint density at radius 3 is 2.62 bits per heavy atom. The van der Waals surface area contributed by atoms with Crippen LogP contribution in [0.25, 0.3) is 0 Å². The highest BCUT2D eigenvalue weighted by molar-refractivity contribution is 5.94. The summed E-state index contributed by atoms with van der Waals surface area (Å²) in [4.78, 5) is 24.5. The van der Waals surface area contributed by atoms with E-state index >= 15 is 0 Å². The van der Waals surface area contributed by atoms with Crippen LogP contribution in [0, 0.1) is 6.92 Å². The van der Waals surface area contributed by atoms with Crippen LogP contribution in [0.5, 0.6) is 5.75 Å². The van der Waals surface area contributed by atoms with E-state index in [0.29, 0.717) is 18.9 Å². The van der Waals surface area contributed by atoms with Gasteiger partial charge in [-0.1, -0.05) is 42.0 Å². The number of carbonyl (C=O) groups excluding carboxylic acids is 1. The van der Waals surface area contributed by atoms with Gasteiger partial charge in [0.2, 0.25) is 0 Å². The number of amides is 1. The number of nitrogens with one attached hydrogen (secondary N) is 1. The zero-order valence-corrected chi connectivity index (χ0v) is 16.5. The van der Waals surface area contributed by atoms with Crippen LogP contribution in [-0.4, -0.2) is 16.7 Å². The summed E-state index contributed by atoms with van der Waals surface area (Å²) in [5, 5.41) is 3.99. The van der Waals surface area contributed by atoms with E-state index in [0.717, 1.165) is 11.1 Å². The molecule has 0 saturated heterocycles. The maximum atomic E-state index is 12.3. The Bertz CT molecular complexity index is 1070. The largest absolute Gasteiger partial charge is 0.488 e. The van der Waals surface area contributed by atoms with Crippen molar-refractivity contribution < 1.29 is 9.53 Å². The lowest BCUT2D eigenvalue weighted by atomic mass is 10.1. The van der Waals surface area contributed by atoms with Gasteiger partial charge >= 0.3 is 0 Å². The molecule has 0 aliphatic carbocycles. The third kappa shape index (κ3) is 5.19. The number of ether oxygens (including phenoxy) is 1. The molecule has 0 radical (unpaired) electrons. The maximum Gasteiger partial charge on any atom is 0.276 e. The molecule has 0 aliphatic rings. The third-order valence-corrected chi connectivity index (χ3v) is 4.41. The van der Waals surface area contributed by atoms with E-state index in [2.05, 4.69) is 10.5 Å². The molecule has 1 amide bonds. The summed E-state index contributed by atoms with van der Waals surface area (Å²) in [6.45, 7) is 4.81. The van der Waals surface area contributed by atoms with E-state index in [4.69, 9.17) is 4.74 Å². The van der Waals surface area contributed by atoms with Gasteiger partial charge in [0.05, 0.1) is 6.21 Å². The highest BCUT2D eigenvalue weighted by Crippen LogP contribution is 2.17. The van der Waals surface area contributed by atoms with Gasteiger partial charge in [0, 0.05) is 18.3 Å². The van der Waals surface area contributed by atoms with Gasteiger partial charge in [0.1, 0.15) is 17.9 Å². The molecule has 0 unspecified atom stereocenters. The molecule has 0 atom stereocenters. The van der Waals surface area contributed by atoms with E-state index in [1.54, 1.807) is 12.3 Å². The molecule has 3 aromatic rings. The van der Waals surface area contributed by atoms with Gasteiger partial charge in [-0.15, -0.1) is 0 Å². The number of hydrazone groups is 1. The minimum absolute atomic E-state index is 0.0513. The van der Waals surface area contributed by atoms with Crippen molar-refractivity contribution in [3.63, 3.8) is 0 Å². The van der Waals surface area contributed by atoms with E-state index in [1.165, 1.54) is 22.4 Å². The Hall–Kier alpha value is -3.67. The number of para-hydroxylation sites is 1. The molecule has 2 aromatic carbocycles. The number of carbonyl (C=O) groups is 1. The predicted molar refractivity (Wildman–Crippen MR) is 113 cm³/mol. The highest BCUT2D eigenvalue weighted by atomic mass is 16.5. The van der Waals surface area contributed by atoms with Crippen LogP contribution >= 0.6 is 0 Å². The monoisotopic (exact) mass is 389 g/mol. The van der Waals surface area contributed by atoms with Crippen molar-refractivity contribution in [2.75, 3.05) is 0 Å². The number of pyridine rings is 1. The molecular weight excluding hydrogens is 366 g/mol. The zero-order chi connectivity index (χ0) is 20.6. The standard InChI is InChI=1S/C23H23N3O3/c1-3-26-14-6-8-20(23(26)28)22(27)25-24-15-19-7-4-5-9-21(19)29-16-18-12-10-17(2)11-13-18/h4-15H,3,16H2,1-2H3,(H,25,27)/b24-15-. The molecule has 148 valence electrons. The maximum absolute atomic E-state index is 12.3. The number of aryl methyl sites for hydroxylation is 2. The quantitative estimate of drug-likeness (QED) is 0.496. The van der Waals surface area contributed by atoms with E-state index < -0.39 is 5.91 Å². The predicted octanol–water partition coefficient (Wildman–Crippen LogP) is 3.52. The number of benzene rings is 2. The van der Waals surface area contributed by atoms with E-state index in [9.17, 15) is 9.59 Å². The summed E-state index contributed by atoms with van der Waals surface area (Å²) in [5.41, 5.74) is 5.10. The van der Waals surface area contributed by atoms with E-state index in [-0.39, 0.29) is 11.1 Å². The number of nitrogens with zero attached hydrogens (tertiary/aromatic N) is 2. The molecule has 6 nitrogen and oxygen atoms in total. The van der Waals surface area contributed by atoms with Crippen LogP contribution < -0.4 is 15.7 Å². The van der Waals surface area contributed by atoms with Crippen LogP contribution in [0.2, 0.25) is 0 Å². The normalized spacial score (nSPS) is 10.8. The lowest BCUT2D eigenvalue weighted by Crippen LogP contribution is -2.30. The molecule has 0 aliphatic heterocycles. The molecule has 0 saturated carbocycles. The summed E-state index contributed by atoms with van der Waals surface area (Å²) in [6.07, 6.45) is 3.15. The number of rotatable bonds is 7. The number of hydrogen-bond donors (Lipinski definition) is 1. The van der Waals surface area contributed by atoms with Crippen LogP contribution in [0.3, 0.4) is 0 Å². The van der Waals surface area contributed by atoms with Crippen LogP contribution in [0.15, 0.2) is 76.8 Å². The zero-order valence-electron chi connectivity index (χ0n) is 16.5. The summed E-state index contributed by atoms with van der Waals surface area (Å²) in [5.74, 6) is 0.103. The van der Waals surface area contributed by atoms with Gasteiger partial charge in [-0.2, -0.15) is 5.10 Å². The molecule has 29 heavy (non-hydrogen) atoms. The fourth-order valence-corrected chi connectivity index (χ4v) is 2.74. The van der Waals surface area contributed by atoms with Crippen molar-refractivity contribution in [2.24, 2.45) is 5.10 Å². The van der Waals surface area contributed by atoms with Crippen LogP contribution in [0.1, 0.15) is 34.0 Å². The van der Waals surface area contributed by atoms with Crippen molar-refractivity contribution in [1.29, 1.82) is 0 Å². The summed E-state index contributed by atoms with van der Waals surface area (Å²) < 4.78 is 7.36. The van der Waals surface area contributed by atoms with Crippen molar-refractivity contribution in [3.05, 3.63) is 99.5 Å². The summed E-state index contributed by atoms with van der Waals surface area (Å²) in [7, 11) is 0. The van der Waals surface area contributed by atoms with Gasteiger partial charge in [-0.05, 0) is 43.7 Å². The second kappa shape index (κ2) is 9.50. The van der Waals surface area contributed by atoms with Gasteiger partial charge < -0.3 is 9.30 Å². The van der Waals surface area contributed by atoms with Gasteiger partial charge in [-0.25, -0.2) is 5.43 Å². The molecule has 6 heteroatoms. The average molecular weight is 389 g/mol. The van der Waals surface area contributed by atoms with Gasteiger partial charge in [-0.3, -0.25) is 9.59 Å². The fraction of sp³-hybridized carbons (Fsp3) is 0.174. The Balaban J connectivity index is 1.67. The molecule has 3 rings (SSSR count). The third-order valence-electron chi connectivity index (χ3n) is 4.41. The van der Waals surface area contributed by atoms with Crippen LogP contribution in [0.4, 0.5) is 0 Å². The van der Waals surface area contributed by atoms with Crippen molar-refractivity contribution in [1.82, 2.24) is 9.99 Å². The molecule has 0 fully saturated rings. The molecule has 1 aromatic heterocycles. The molecule has 1 N–H and O–H groups in total. The lowest BCUT2D eigenvalue weighted by molar-refractivity contribution is 0.0953. The molecule has 1 heterocycles. The number of hydrogen-bond acceptors (Lipinski definition) is 4. The van der Waals surface area contributed by atoms with Gasteiger partial charge in [0.25, 0.3) is 11.5 Å². The SMILES string of the molecule is CCn1cccc(C(=O)N/N=C\c2ccccc2OCc2ccc(C)cc2)c1=O. The first-order valence-corrected chi connectivity index (χ1v) is 9.38. The minimum atomic E-state index is -0.549.